The first-order valence-corrected chi connectivity index (χ1v) is 8.58. The van der Waals surface area contributed by atoms with Crippen LogP contribution in [-0.2, 0) is 0 Å². The molecular weight excluding hydrogens is 314 g/mol. The molecule has 1 saturated heterocycles. The van der Waals surface area contributed by atoms with Crippen molar-refractivity contribution in [2.24, 2.45) is 0 Å². The molecule has 4 rings (SSSR count). The number of nitriles is 1. The van der Waals surface area contributed by atoms with Crippen molar-refractivity contribution in [3.8, 4) is 17.3 Å². The van der Waals surface area contributed by atoms with Crippen molar-refractivity contribution in [2.75, 3.05) is 19.6 Å². The van der Waals surface area contributed by atoms with E-state index in [0.717, 1.165) is 24.9 Å². The molecule has 2 aliphatic rings. The van der Waals surface area contributed by atoms with E-state index >= 15 is 0 Å². The fraction of sp³-hybridized carbons (Fsp3) is 0.368. The molecule has 1 aliphatic heterocycles. The molecule has 1 atom stereocenters. The Kier molecular flexibility index (Phi) is 4.16. The average molecular weight is 333 g/mol. The molecule has 2 fully saturated rings. The monoisotopic (exact) mass is 333 g/mol. The number of rotatable bonds is 3. The molecule has 2 heterocycles. The van der Waals surface area contributed by atoms with Gasteiger partial charge in [0.1, 0.15) is 12.4 Å². The van der Waals surface area contributed by atoms with E-state index in [1.807, 2.05) is 30.3 Å². The Bertz CT molecular complexity index is 812. The van der Waals surface area contributed by atoms with E-state index in [9.17, 15) is 10.1 Å². The van der Waals surface area contributed by atoms with Crippen LogP contribution >= 0.6 is 0 Å². The topological polar surface area (TPSA) is 73.1 Å². The number of benzene rings is 1. The molecular formula is C19H19N5O. The summed E-state index contributed by atoms with van der Waals surface area (Å²) in [4.78, 5) is 25.4. The number of amides is 1. The number of aromatic nitrogens is 2. The van der Waals surface area contributed by atoms with Crippen molar-refractivity contribution in [1.82, 2.24) is 19.8 Å². The average Bonchev–Trinajstić information content (AvgIpc) is 3.53. The minimum Gasteiger partial charge on any atom is -0.335 e. The van der Waals surface area contributed by atoms with E-state index in [1.54, 1.807) is 11.1 Å². The Morgan fingerprint density at radius 2 is 2.00 bits per heavy atom. The molecule has 25 heavy (non-hydrogen) atoms. The zero-order chi connectivity index (χ0) is 17.2. The van der Waals surface area contributed by atoms with Crippen LogP contribution in [0.4, 0.5) is 0 Å². The Balaban J connectivity index is 1.59. The van der Waals surface area contributed by atoms with E-state index in [0.29, 0.717) is 30.4 Å². The van der Waals surface area contributed by atoms with Gasteiger partial charge in [-0.1, -0.05) is 30.3 Å². The first-order valence-electron chi connectivity index (χ1n) is 8.58. The van der Waals surface area contributed by atoms with E-state index < -0.39 is 0 Å². The second-order valence-electron chi connectivity index (χ2n) is 6.52. The van der Waals surface area contributed by atoms with Crippen molar-refractivity contribution in [3.05, 3.63) is 48.4 Å². The molecule has 1 saturated carbocycles. The van der Waals surface area contributed by atoms with Gasteiger partial charge in [0, 0.05) is 37.4 Å². The smallest absolute Gasteiger partial charge is 0.257 e. The standard InChI is InChI=1S/C19H19N5O/c20-10-16-12-23(8-9-24(16)15-6-7-15)19(25)17-11-21-13-22-18(17)14-4-2-1-3-5-14/h1-5,11,13,15-16H,6-9,12H2. The first kappa shape index (κ1) is 15.7. The van der Waals surface area contributed by atoms with Gasteiger partial charge in [0.15, 0.2) is 0 Å². The van der Waals surface area contributed by atoms with Crippen LogP contribution in [0.15, 0.2) is 42.9 Å². The molecule has 1 aliphatic carbocycles. The molecule has 0 spiro atoms. The fourth-order valence-electron chi connectivity index (χ4n) is 3.42. The summed E-state index contributed by atoms with van der Waals surface area (Å²) in [6.45, 7) is 1.83. The molecule has 126 valence electrons. The molecule has 6 nitrogen and oxygen atoms in total. The Labute approximate surface area is 146 Å². The van der Waals surface area contributed by atoms with Crippen LogP contribution < -0.4 is 0 Å². The first-order chi connectivity index (χ1) is 12.3. The lowest BCUT2D eigenvalue weighted by atomic mass is 10.1. The second kappa shape index (κ2) is 6.61. The van der Waals surface area contributed by atoms with Gasteiger partial charge in [-0.3, -0.25) is 9.69 Å². The van der Waals surface area contributed by atoms with E-state index in [2.05, 4.69) is 20.9 Å². The van der Waals surface area contributed by atoms with Gasteiger partial charge in [0.05, 0.1) is 17.3 Å². The van der Waals surface area contributed by atoms with Crippen LogP contribution in [0.5, 0.6) is 0 Å². The number of carbonyl (C=O) groups excluding carboxylic acids is 1. The normalized spacial score (nSPS) is 20.9. The van der Waals surface area contributed by atoms with Crippen LogP contribution in [0, 0.1) is 11.3 Å². The van der Waals surface area contributed by atoms with Gasteiger partial charge in [-0.25, -0.2) is 9.97 Å². The fourth-order valence-corrected chi connectivity index (χ4v) is 3.42. The minimum atomic E-state index is -0.227. The third kappa shape index (κ3) is 3.11. The Morgan fingerprint density at radius 3 is 2.72 bits per heavy atom. The number of hydrogen-bond acceptors (Lipinski definition) is 5. The summed E-state index contributed by atoms with van der Waals surface area (Å²) in [6, 6.07) is 12.3. The molecule has 0 radical (unpaired) electrons. The summed E-state index contributed by atoms with van der Waals surface area (Å²) in [5, 5.41) is 9.49. The minimum absolute atomic E-state index is 0.102. The summed E-state index contributed by atoms with van der Waals surface area (Å²) in [6.07, 6.45) is 5.36. The summed E-state index contributed by atoms with van der Waals surface area (Å²) in [5.74, 6) is -0.102. The van der Waals surface area contributed by atoms with Crippen LogP contribution in [0.25, 0.3) is 11.3 Å². The lowest BCUT2D eigenvalue weighted by Crippen LogP contribution is -2.55. The zero-order valence-electron chi connectivity index (χ0n) is 13.9. The van der Waals surface area contributed by atoms with Gasteiger partial charge >= 0.3 is 0 Å². The van der Waals surface area contributed by atoms with Crippen molar-refractivity contribution < 1.29 is 4.79 Å². The molecule has 2 aromatic rings. The van der Waals surface area contributed by atoms with Crippen molar-refractivity contribution in [2.45, 2.75) is 24.9 Å². The summed E-state index contributed by atoms with van der Waals surface area (Å²) in [5.41, 5.74) is 2.02. The van der Waals surface area contributed by atoms with Gasteiger partial charge in [-0.2, -0.15) is 5.26 Å². The summed E-state index contributed by atoms with van der Waals surface area (Å²) >= 11 is 0. The highest BCUT2D eigenvalue weighted by Gasteiger charge is 2.39. The molecule has 0 bridgehead atoms. The molecule has 1 aromatic heterocycles. The zero-order valence-corrected chi connectivity index (χ0v) is 13.9. The Hall–Kier alpha value is -2.78. The van der Waals surface area contributed by atoms with Crippen LogP contribution in [0.1, 0.15) is 23.2 Å². The highest BCUT2D eigenvalue weighted by atomic mass is 16.2. The SMILES string of the molecule is N#CC1CN(C(=O)c2cncnc2-c2ccccc2)CCN1C1CC1. The lowest BCUT2D eigenvalue weighted by Gasteiger charge is -2.38. The summed E-state index contributed by atoms with van der Waals surface area (Å²) < 4.78 is 0. The maximum Gasteiger partial charge on any atom is 0.257 e. The number of carbonyl (C=O) groups is 1. The predicted molar refractivity (Wildman–Crippen MR) is 92.5 cm³/mol. The second-order valence-corrected chi connectivity index (χ2v) is 6.52. The highest BCUT2D eigenvalue weighted by molar-refractivity contribution is 5.99. The van der Waals surface area contributed by atoms with Crippen LogP contribution in [-0.4, -0.2) is 57.4 Å². The Morgan fingerprint density at radius 1 is 1.20 bits per heavy atom. The highest BCUT2D eigenvalue weighted by Crippen LogP contribution is 2.30. The summed E-state index contributed by atoms with van der Waals surface area (Å²) in [7, 11) is 0. The van der Waals surface area contributed by atoms with E-state index in [4.69, 9.17) is 0 Å². The maximum atomic E-state index is 13.1. The van der Waals surface area contributed by atoms with Gasteiger partial charge in [0.2, 0.25) is 0 Å². The van der Waals surface area contributed by atoms with Crippen LogP contribution in [0.3, 0.4) is 0 Å². The van der Waals surface area contributed by atoms with Crippen molar-refractivity contribution in [1.29, 1.82) is 5.26 Å². The quantitative estimate of drug-likeness (QED) is 0.858. The third-order valence-electron chi connectivity index (χ3n) is 4.86. The predicted octanol–water partition coefficient (Wildman–Crippen LogP) is 1.96. The number of piperazine rings is 1. The molecule has 1 aromatic carbocycles. The third-order valence-corrected chi connectivity index (χ3v) is 4.86. The molecule has 6 heteroatoms. The van der Waals surface area contributed by atoms with Gasteiger partial charge in [-0.15, -0.1) is 0 Å². The lowest BCUT2D eigenvalue weighted by molar-refractivity contribution is 0.0550. The van der Waals surface area contributed by atoms with Crippen molar-refractivity contribution >= 4 is 5.91 Å². The van der Waals surface area contributed by atoms with Gasteiger partial charge in [-0.05, 0) is 12.8 Å². The number of hydrogen-bond donors (Lipinski definition) is 0. The molecule has 1 amide bonds. The molecule has 0 N–H and O–H groups in total. The van der Waals surface area contributed by atoms with Crippen molar-refractivity contribution in [3.63, 3.8) is 0 Å². The van der Waals surface area contributed by atoms with Crippen LogP contribution in [0.2, 0.25) is 0 Å². The molecule has 1 unspecified atom stereocenters. The van der Waals surface area contributed by atoms with Gasteiger partial charge < -0.3 is 4.90 Å². The van der Waals surface area contributed by atoms with E-state index in [1.165, 1.54) is 6.33 Å². The largest absolute Gasteiger partial charge is 0.335 e. The maximum absolute atomic E-state index is 13.1. The van der Waals surface area contributed by atoms with E-state index in [-0.39, 0.29) is 11.9 Å². The number of nitrogens with zero attached hydrogens (tertiary/aromatic N) is 5. The van der Waals surface area contributed by atoms with Gasteiger partial charge in [0.25, 0.3) is 5.91 Å².